The standard InChI is InChI=1S/C13H15FN2O2/c1-13(2,3)18-8-12(17)16-11-5-4-9(7-15)6-10(11)14/h4-6H,8H2,1-3H3,(H,16,17). The third-order valence-corrected chi connectivity index (χ3v) is 2.01. The molecular formula is C13H15FN2O2. The molecule has 0 atom stereocenters. The Morgan fingerprint density at radius 3 is 2.67 bits per heavy atom. The van der Waals surface area contributed by atoms with Crippen LogP contribution in [0.5, 0.6) is 0 Å². The van der Waals surface area contributed by atoms with Crippen LogP contribution < -0.4 is 5.32 Å². The molecule has 18 heavy (non-hydrogen) atoms. The Morgan fingerprint density at radius 1 is 1.50 bits per heavy atom. The number of carbonyl (C=O) groups excluding carboxylic acids is 1. The number of rotatable bonds is 3. The number of nitriles is 1. The third-order valence-electron chi connectivity index (χ3n) is 2.01. The topological polar surface area (TPSA) is 62.1 Å². The van der Waals surface area contributed by atoms with Gasteiger partial charge in [-0.1, -0.05) is 0 Å². The van der Waals surface area contributed by atoms with Crippen molar-refractivity contribution in [3.8, 4) is 6.07 Å². The Labute approximate surface area is 105 Å². The van der Waals surface area contributed by atoms with Crippen molar-refractivity contribution in [1.82, 2.24) is 0 Å². The zero-order valence-electron chi connectivity index (χ0n) is 10.6. The fourth-order valence-electron chi connectivity index (χ4n) is 1.15. The second-order valence-electron chi connectivity index (χ2n) is 4.76. The monoisotopic (exact) mass is 250 g/mol. The molecule has 0 aliphatic heterocycles. The molecule has 1 N–H and O–H groups in total. The van der Waals surface area contributed by atoms with Crippen LogP contribution in [0.15, 0.2) is 18.2 Å². The highest BCUT2D eigenvalue weighted by molar-refractivity contribution is 5.91. The number of anilines is 1. The van der Waals surface area contributed by atoms with Gasteiger partial charge in [0.2, 0.25) is 5.91 Å². The minimum absolute atomic E-state index is 0.0384. The quantitative estimate of drug-likeness (QED) is 0.896. The minimum atomic E-state index is -0.641. The van der Waals surface area contributed by atoms with Gasteiger partial charge in [0, 0.05) is 0 Å². The molecule has 0 heterocycles. The number of hydrogen-bond donors (Lipinski definition) is 1. The van der Waals surface area contributed by atoms with Gasteiger partial charge in [0.25, 0.3) is 0 Å². The average Bonchev–Trinajstić information content (AvgIpc) is 2.28. The number of ether oxygens (including phenoxy) is 1. The molecule has 0 radical (unpaired) electrons. The lowest BCUT2D eigenvalue weighted by atomic mass is 10.2. The summed E-state index contributed by atoms with van der Waals surface area (Å²) in [7, 11) is 0. The van der Waals surface area contributed by atoms with Crippen LogP contribution in [0.3, 0.4) is 0 Å². The van der Waals surface area contributed by atoms with Crippen LogP contribution in [0.1, 0.15) is 26.3 Å². The van der Waals surface area contributed by atoms with Crippen LogP contribution in [-0.2, 0) is 9.53 Å². The molecule has 4 nitrogen and oxygen atoms in total. The summed E-state index contributed by atoms with van der Waals surface area (Å²) in [4.78, 5) is 11.5. The van der Waals surface area contributed by atoms with Gasteiger partial charge in [-0.3, -0.25) is 4.79 Å². The first-order valence-corrected chi connectivity index (χ1v) is 5.45. The van der Waals surface area contributed by atoms with Gasteiger partial charge < -0.3 is 10.1 Å². The van der Waals surface area contributed by atoms with E-state index in [0.717, 1.165) is 6.07 Å². The maximum Gasteiger partial charge on any atom is 0.250 e. The molecule has 0 unspecified atom stereocenters. The van der Waals surface area contributed by atoms with E-state index in [4.69, 9.17) is 10.00 Å². The van der Waals surface area contributed by atoms with Crippen LogP contribution in [0, 0.1) is 17.1 Å². The fourth-order valence-corrected chi connectivity index (χ4v) is 1.15. The minimum Gasteiger partial charge on any atom is -0.366 e. The summed E-state index contributed by atoms with van der Waals surface area (Å²) in [6.45, 7) is 5.32. The van der Waals surface area contributed by atoms with Gasteiger partial charge in [0.15, 0.2) is 0 Å². The molecule has 1 amide bonds. The van der Waals surface area contributed by atoms with Gasteiger partial charge in [0.1, 0.15) is 12.4 Å². The highest BCUT2D eigenvalue weighted by Crippen LogP contribution is 2.15. The molecule has 0 aliphatic carbocycles. The molecule has 0 saturated carbocycles. The van der Waals surface area contributed by atoms with Crippen LogP contribution in [0.2, 0.25) is 0 Å². The number of carbonyl (C=O) groups is 1. The van der Waals surface area contributed by atoms with Gasteiger partial charge in [-0.2, -0.15) is 5.26 Å². The predicted octanol–water partition coefficient (Wildman–Crippen LogP) is 2.45. The summed E-state index contributed by atoms with van der Waals surface area (Å²) < 4.78 is 18.7. The lowest BCUT2D eigenvalue weighted by molar-refractivity contribution is -0.125. The van der Waals surface area contributed by atoms with Crippen LogP contribution in [0.4, 0.5) is 10.1 Å². The number of halogens is 1. The first-order valence-electron chi connectivity index (χ1n) is 5.45. The summed E-state index contributed by atoms with van der Waals surface area (Å²) >= 11 is 0. The van der Waals surface area contributed by atoms with E-state index in [1.165, 1.54) is 12.1 Å². The number of hydrogen-bond acceptors (Lipinski definition) is 3. The van der Waals surface area contributed by atoms with E-state index >= 15 is 0 Å². The van der Waals surface area contributed by atoms with Gasteiger partial charge >= 0.3 is 0 Å². The second kappa shape index (κ2) is 5.61. The highest BCUT2D eigenvalue weighted by atomic mass is 19.1. The zero-order valence-corrected chi connectivity index (χ0v) is 10.6. The second-order valence-corrected chi connectivity index (χ2v) is 4.76. The van der Waals surface area contributed by atoms with Crippen LogP contribution in [0.25, 0.3) is 0 Å². The van der Waals surface area contributed by atoms with E-state index in [1.807, 2.05) is 26.8 Å². The smallest absolute Gasteiger partial charge is 0.250 e. The van der Waals surface area contributed by atoms with Crippen molar-refractivity contribution in [2.45, 2.75) is 26.4 Å². The Bertz CT molecular complexity index is 487. The molecule has 0 bridgehead atoms. The van der Waals surface area contributed by atoms with E-state index in [-0.39, 0.29) is 17.9 Å². The first-order chi connectivity index (χ1) is 8.31. The average molecular weight is 250 g/mol. The highest BCUT2D eigenvalue weighted by Gasteiger charge is 2.14. The van der Waals surface area contributed by atoms with E-state index in [2.05, 4.69) is 5.32 Å². The molecule has 1 rings (SSSR count). The maximum atomic E-state index is 13.5. The summed E-state index contributed by atoms with van der Waals surface area (Å²) in [6.07, 6.45) is 0. The van der Waals surface area contributed by atoms with Crippen molar-refractivity contribution in [2.24, 2.45) is 0 Å². The molecule has 1 aromatic carbocycles. The molecule has 0 spiro atoms. The van der Waals surface area contributed by atoms with Gasteiger partial charge in [0.05, 0.1) is 22.9 Å². The van der Waals surface area contributed by atoms with Gasteiger partial charge in [-0.05, 0) is 39.0 Å². The molecule has 1 aromatic rings. The molecular weight excluding hydrogens is 235 g/mol. The number of amides is 1. The van der Waals surface area contributed by atoms with Crippen molar-refractivity contribution in [3.63, 3.8) is 0 Å². The number of benzene rings is 1. The molecule has 0 fully saturated rings. The van der Waals surface area contributed by atoms with Crippen LogP contribution in [-0.4, -0.2) is 18.1 Å². The Hall–Kier alpha value is -1.93. The number of nitrogens with zero attached hydrogens (tertiary/aromatic N) is 1. The fraction of sp³-hybridized carbons (Fsp3) is 0.385. The zero-order chi connectivity index (χ0) is 13.8. The van der Waals surface area contributed by atoms with E-state index in [9.17, 15) is 9.18 Å². The molecule has 96 valence electrons. The first kappa shape index (κ1) is 14.1. The normalized spacial score (nSPS) is 10.8. The predicted molar refractivity (Wildman–Crippen MR) is 65.4 cm³/mol. The summed E-state index contributed by atoms with van der Waals surface area (Å²) in [5, 5.41) is 11.0. The Morgan fingerprint density at radius 2 is 2.17 bits per heavy atom. The van der Waals surface area contributed by atoms with Crippen molar-refractivity contribution in [1.29, 1.82) is 5.26 Å². The van der Waals surface area contributed by atoms with Crippen molar-refractivity contribution in [2.75, 3.05) is 11.9 Å². The Balaban J connectivity index is 2.63. The number of nitrogens with one attached hydrogen (secondary N) is 1. The van der Waals surface area contributed by atoms with Crippen molar-refractivity contribution >= 4 is 11.6 Å². The van der Waals surface area contributed by atoms with Gasteiger partial charge in [-0.15, -0.1) is 0 Å². The summed E-state index contributed by atoms with van der Waals surface area (Å²) in [5.41, 5.74) is -0.187. The van der Waals surface area contributed by atoms with E-state index in [0.29, 0.717) is 0 Å². The maximum absolute atomic E-state index is 13.5. The van der Waals surface area contributed by atoms with Crippen molar-refractivity contribution < 1.29 is 13.9 Å². The third kappa shape index (κ3) is 4.52. The van der Waals surface area contributed by atoms with Crippen LogP contribution >= 0.6 is 0 Å². The molecule has 0 saturated heterocycles. The van der Waals surface area contributed by atoms with Gasteiger partial charge in [-0.25, -0.2) is 4.39 Å². The van der Waals surface area contributed by atoms with E-state index in [1.54, 1.807) is 0 Å². The summed E-state index contributed by atoms with van der Waals surface area (Å²) in [6, 6.07) is 5.67. The molecule has 5 heteroatoms. The van der Waals surface area contributed by atoms with E-state index < -0.39 is 17.3 Å². The Kier molecular flexibility index (Phi) is 4.40. The molecule has 0 aliphatic rings. The van der Waals surface area contributed by atoms with Crippen molar-refractivity contribution in [3.05, 3.63) is 29.6 Å². The lowest BCUT2D eigenvalue weighted by Crippen LogP contribution is -2.27. The summed E-state index contributed by atoms with van der Waals surface area (Å²) in [5.74, 6) is -1.08. The SMILES string of the molecule is CC(C)(C)OCC(=O)Nc1ccc(C#N)cc1F. The largest absolute Gasteiger partial charge is 0.366 e. The lowest BCUT2D eigenvalue weighted by Gasteiger charge is -2.19. The molecule has 0 aromatic heterocycles.